The topological polar surface area (TPSA) is 95.2 Å². The van der Waals surface area contributed by atoms with E-state index in [0.29, 0.717) is 5.82 Å². The molecule has 7 nitrogen and oxygen atoms in total. The lowest BCUT2D eigenvalue weighted by molar-refractivity contribution is 0.550. The summed E-state index contributed by atoms with van der Waals surface area (Å²) < 4.78 is 0. The molecule has 5 aromatic rings. The van der Waals surface area contributed by atoms with Gasteiger partial charge in [0.25, 0.3) is 0 Å². The monoisotopic (exact) mass is 477 g/mol. The third-order valence-electron chi connectivity index (χ3n) is 6.55. The molecule has 0 aliphatic heterocycles. The van der Waals surface area contributed by atoms with Crippen molar-refractivity contribution in [2.75, 3.05) is 7.05 Å². The molecular weight excluding hydrogens is 446 g/mol. The zero-order valence-corrected chi connectivity index (χ0v) is 20.9. The summed E-state index contributed by atoms with van der Waals surface area (Å²) in [5, 5.41) is 3.28. The summed E-state index contributed by atoms with van der Waals surface area (Å²) in [5.41, 5.74) is 6.19. The molecule has 3 aromatic heterocycles. The van der Waals surface area contributed by atoms with E-state index >= 15 is 0 Å². The number of H-pyrrole nitrogens is 2. The predicted octanol–water partition coefficient (Wildman–Crippen LogP) is 5.94. The third kappa shape index (κ3) is 5.11. The van der Waals surface area contributed by atoms with E-state index in [1.807, 2.05) is 50.0 Å². The zero-order chi connectivity index (χ0) is 24.9. The average molecular weight is 478 g/mol. The van der Waals surface area contributed by atoms with Crippen molar-refractivity contribution in [2.24, 2.45) is 0 Å². The van der Waals surface area contributed by atoms with Crippen LogP contribution in [0.15, 0.2) is 79.4 Å². The number of hydrogen-bond donors (Lipinski definition) is 3. The number of nitrogens with one attached hydrogen (secondary N) is 3. The van der Waals surface area contributed by atoms with Crippen LogP contribution in [0.3, 0.4) is 0 Å². The number of aromatic amines is 2. The molecule has 2 aromatic carbocycles. The summed E-state index contributed by atoms with van der Waals surface area (Å²) in [5.74, 6) is 2.90. The molecule has 2 atom stereocenters. The number of imidazole rings is 2. The van der Waals surface area contributed by atoms with Gasteiger partial charge in [0.05, 0.1) is 29.8 Å². The van der Waals surface area contributed by atoms with Crippen LogP contribution in [0.1, 0.15) is 49.4 Å². The van der Waals surface area contributed by atoms with Crippen LogP contribution in [0, 0.1) is 0 Å². The largest absolute Gasteiger partial charge is 0.342 e. The number of hydrogen-bond acceptors (Lipinski definition) is 5. The highest BCUT2D eigenvalue weighted by Gasteiger charge is 2.14. The minimum Gasteiger partial charge on any atom is -0.342 e. The Labute approximate surface area is 211 Å². The number of rotatable bonds is 9. The SMILES string of the molecule is CC[C@H](NC)c1ncc(-c2ccc(-c3ncc(-c4cnc([C@H](C)Cc5ccccc5)[nH]4)cn3)cc2)[nH]1. The highest BCUT2D eigenvalue weighted by atomic mass is 15.0. The van der Waals surface area contributed by atoms with Gasteiger partial charge in [-0.05, 0) is 31.0 Å². The van der Waals surface area contributed by atoms with E-state index in [1.165, 1.54) is 5.56 Å². The predicted molar refractivity (Wildman–Crippen MR) is 143 cm³/mol. The second-order valence-electron chi connectivity index (χ2n) is 9.08. The fourth-order valence-electron chi connectivity index (χ4n) is 4.41. The molecule has 0 bridgehead atoms. The molecule has 5 rings (SSSR count). The van der Waals surface area contributed by atoms with E-state index in [1.54, 1.807) is 0 Å². The van der Waals surface area contributed by atoms with Gasteiger partial charge in [0, 0.05) is 29.4 Å². The Morgan fingerprint density at radius 1 is 0.722 bits per heavy atom. The number of benzene rings is 2. The Hall–Kier alpha value is -4.10. The maximum atomic E-state index is 4.61. The molecule has 3 N–H and O–H groups in total. The molecule has 0 spiro atoms. The lowest BCUT2D eigenvalue weighted by atomic mass is 10.0. The first kappa shape index (κ1) is 23.6. The summed E-state index contributed by atoms with van der Waals surface area (Å²) >= 11 is 0. The van der Waals surface area contributed by atoms with E-state index < -0.39 is 0 Å². The van der Waals surface area contributed by atoms with Crippen molar-refractivity contribution < 1.29 is 0 Å². The molecule has 0 saturated carbocycles. The van der Waals surface area contributed by atoms with Crippen molar-refractivity contribution in [3.8, 4) is 33.9 Å². The number of nitrogens with zero attached hydrogens (tertiary/aromatic N) is 4. The van der Waals surface area contributed by atoms with Gasteiger partial charge in [0.1, 0.15) is 11.6 Å². The Morgan fingerprint density at radius 2 is 1.33 bits per heavy atom. The van der Waals surface area contributed by atoms with Crippen LogP contribution < -0.4 is 5.32 Å². The first-order chi connectivity index (χ1) is 17.6. The third-order valence-corrected chi connectivity index (χ3v) is 6.55. The summed E-state index contributed by atoms with van der Waals surface area (Å²) in [4.78, 5) is 25.2. The standard InChI is InChI=1S/C29H31N7/c1-4-24(30-3)29-34-17-25(36-29)21-10-12-22(13-11-21)28-31-15-23(16-32-28)26-18-33-27(35-26)19(2)14-20-8-6-5-7-9-20/h5-13,15-19,24,30H,4,14H2,1-3H3,(H,33,35)(H,34,36)/t19-,24+/m1/s1. The summed E-state index contributed by atoms with van der Waals surface area (Å²) in [6.45, 7) is 4.33. The molecule has 0 unspecified atom stereocenters. The average Bonchev–Trinajstić information content (AvgIpc) is 3.61. The minimum absolute atomic E-state index is 0.225. The highest BCUT2D eigenvalue weighted by molar-refractivity contribution is 5.66. The van der Waals surface area contributed by atoms with E-state index in [9.17, 15) is 0 Å². The molecule has 0 saturated heterocycles. The molecule has 7 heteroatoms. The van der Waals surface area contributed by atoms with Crippen LogP contribution >= 0.6 is 0 Å². The van der Waals surface area contributed by atoms with Crippen molar-refractivity contribution in [3.63, 3.8) is 0 Å². The lowest BCUT2D eigenvalue weighted by Crippen LogP contribution is -2.16. The van der Waals surface area contributed by atoms with Crippen LogP contribution in [-0.4, -0.2) is 37.0 Å². The second-order valence-corrected chi connectivity index (χ2v) is 9.08. The lowest BCUT2D eigenvalue weighted by Gasteiger charge is -2.10. The molecular formula is C29H31N7. The van der Waals surface area contributed by atoms with Gasteiger partial charge in [-0.2, -0.15) is 0 Å². The summed E-state index contributed by atoms with van der Waals surface area (Å²) in [7, 11) is 1.95. The van der Waals surface area contributed by atoms with Crippen molar-refractivity contribution in [2.45, 2.75) is 38.6 Å². The van der Waals surface area contributed by atoms with Crippen LogP contribution in [0.5, 0.6) is 0 Å². The normalized spacial score (nSPS) is 13.0. The minimum atomic E-state index is 0.225. The quantitative estimate of drug-likeness (QED) is 0.244. The Bertz CT molecular complexity index is 1380. The number of aromatic nitrogens is 6. The van der Waals surface area contributed by atoms with E-state index in [0.717, 1.165) is 52.6 Å². The van der Waals surface area contributed by atoms with Gasteiger partial charge < -0.3 is 15.3 Å². The van der Waals surface area contributed by atoms with E-state index in [2.05, 4.69) is 85.5 Å². The molecule has 36 heavy (non-hydrogen) atoms. The first-order valence-electron chi connectivity index (χ1n) is 12.4. The summed E-state index contributed by atoms with van der Waals surface area (Å²) in [6.07, 6.45) is 9.35. The smallest absolute Gasteiger partial charge is 0.159 e. The van der Waals surface area contributed by atoms with Crippen molar-refractivity contribution in [3.05, 3.63) is 96.6 Å². The summed E-state index contributed by atoms with van der Waals surface area (Å²) in [6, 6.07) is 18.9. The molecule has 0 fully saturated rings. The van der Waals surface area contributed by atoms with Crippen LogP contribution in [0.2, 0.25) is 0 Å². The van der Waals surface area contributed by atoms with Crippen molar-refractivity contribution in [1.82, 2.24) is 35.2 Å². The van der Waals surface area contributed by atoms with Gasteiger partial charge in [0.2, 0.25) is 0 Å². The zero-order valence-electron chi connectivity index (χ0n) is 20.9. The first-order valence-corrected chi connectivity index (χ1v) is 12.4. The van der Waals surface area contributed by atoms with Gasteiger partial charge >= 0.3 is 0 Å². The Balaban J connectivity index is 1.27. The van der Waals surface area contributed by atoms with Gasteiger partial charge in [-0.3, -0.25) is 0 Å². The van der Waals surface area contributed by atoms with Gasteiger partial charge in [0.15, 0.2) is 5.82 Å². The Kier molecular flexibility index (Phi) is 7.00. The molecule has 182 valence electrons. The maximum absolute atomic E-state index is 4.61. The van der Waals surface area contributed by atoms with Gasteiger partial charge in [-0.15, -0.1) is 0 Å². The van der Waals surface area contributed by atoms with E-state index in [4.69, 9.17) is 0 Å². The van der Waals surface area contributed by atoms with Crippen LogP contribution in [-0.2, 0) is 6.42 Å². The van der Waals surface area contributed by atoms with Crippen LogP contribution in [0.4, 0.5) is 0 Å². The van der Waals surface area contributed by atoms with Gasteiger partial charge in [-0.1, -0.05) is 68.4 Å². The fourth-order valence-corrected chi connectivity index (χ4v) is 4.41. The highest BCUT2D eigenvalue weighted by Crippen LogP contribution is 2.25. The van der Waals surface area contributed by atoms with E-state index in [-0.39, 0.29) is 12.0 Å². The molecule has 3 heterocycles. The van der Waals surface area contributed by atoms with Crippen LogP contribution in [0.25, 0.3) is 33.9 Å². The molecule has 0 amide bonds. The van der Waals surface area contributed by atoms with Crippen molar-refractivity contribution >= 4 is 0 Å². The second kappa shape index (κ2) is 10.7. The fraction of sp³-hybridized carbons (Fsp3) is 0.241. The molecule has 0 aliphatic carbocycles. The maximum Gasteiger partial charge on any atom is 0.159 e. The van der Waals surface area contributed by atoms with Crippen molar-refractivity contribution in [1.29, 1.82) is 0 Å². The van der Waals surface area contributed by atoms with Gasteiger partial charge in [-0.25, -0.2) is 19.9 Å². The molecule has 0 aliphatic rings. The Morgan fingerprint density at radius 3 is 2.00 bits per heavy atom. The molecule has 0 radical (unpaired) electrons.